The number of aromatic nitrogens is 2. The molecule has 4 nitrogen and oxygen atoms in total. The highest BCUT2D eigenvalue weighted by molar-refractivity contribution is 6.31. The zero-order chi connectivity index (χ0) is 12.6. The van der Waals surface area contributed by atoms with Crippen molar-refractivity contribution in [1.29, 1.82) is 0 Å². The van der Waals surface area contributed by atoms with Gasteiger partial charge in [0.2, 0.25) is 0 Å². The molecule has 17 heavy (non-hydrogen) atoms. The van der Waals surface area contributed by atoms with Gasteiger partial charge in [-0.2, -0.15) is 5.10 Å². The van der Waals surface area contributed by atoms with Crippen LogP contribution in [0.15, 0.2) is 0 Å². The summed E-state index contributed by atoms with van der Waals surface area (Å²) >= 11 is 6.29. The third-order valence-electron chi connectivity index (χ3n) is 4.02. The lowest BCUT2D eigenvalue weighted by molar-refractivity contribution is 0.0665. The lowest BCUT2D eigenvalue weighted by Crippen LogP contribution is -2.39. The summed E-state index contributed by atoms with van der Waals surface area (Å²) in [4.78, 5) is 0. The fourth-order valence-electron chi connectivity index (χ4n) is 2.60. The van der Waals surface area contributed by atoms with Gasteiger partial charge >= 0.3 is 0 Å². The van der Waals surface area contributed by atoms with Gasteiger partial charge in [0.1, 0.15) is 0 Å². The lowest BCUT2D eigenvalue weighted by Gasteiger charge is -2.30. The molecule has 1 aliphatic rings. The van der Waals surface area contributed by atoms with E-state index in [1.165, 1.54) is 0 Å². The maximum absolute atomic E-state index is 6.29. The maximum Gasteiger partial charge on any atom is 0.0847 e. The molecule has 1 aliphatic heterocycles. The molecule has 1 saturated heterocycles. The van der Waals surface area contributed by atoms with Gasteiger partial charge in [-0.15, -0.1) is 0 Å². The molecular weight excluding hydrogens is 238 g/mol. The smallest absolute Gasteiger partial charge is 0.0847 e. The molecule has 0 spiro atoms. The minimum atomic E-state index is 0.00384. The molecule has 0 saturated carbocycles. The molecule has 2 unspecified atom stereocenters. The number of aryl methyl sites for hydroxylation is 2. The summed E-state index contributed by atoms with van der Waals surface area (Å²) in [7, 11) is 1.93. The Labute approximate surface area is 107 Å². The van der Waals surface area contributed by atoms with Crippen LogP contribution in [0.4, 0.5) is 0 Å². The van der Waals surface area contributed by atoms with E-state index < -0.39 is 0 Å². The molecule has 0 aliphatic carbocycles. The van der Waals surface area contributed by atoms with Crippen molar-refractivity contribution in [3.05, 3.63) is 16.4 Å². The van der Waals surface area contributed by atoms with E-state index in [0.29, 0.717) is 6.54 Å². The van der Waals surface area contributed by atoms with E-state index in [0.717, 1.165) is 35.9 Å². The van der Waals surface area contributed by atoms with Gasteiger partial charge in [0.15, 0.2) is 0 Å². The van der Waals surface area contributed by atoms with E-state index in [1.807, 2.05) is 18.7 Å². The molecule has 0 radical (unpaired) electrons. The normalized spacial score (nSPS) is 28.9. The van der Waals surface area contributed by atoms with Crippen molar-refractivity contribution < 1.29 is 4.74 Å². The van der Waals surface area contributed by atoms with Crippen LogP contribution in [0.2, 0.25) is 5.02 Å². The molecule has 0 amide bonds. The monoisotopic (exact) mass is 257 g/mol. The van der Waals surface area contributed by atoms with Crippen LogP contribution >= 0.6 is 11.6 Å². The number of rotatable bonds is 3. The quantitative estimate of drug-likeness (QED) is 0.896. The minimum Gasteiger partial charge on any atom is -0.378 e. The van der Waals surface area contributed by atoms with Crippen molar-refractivity contribution in [2.24, 2.45) is 18.2 Å². The van der Waals surface area contributed by atoms with Gasteiger partial charge in [-0.1, -0.05) is 11.6 Å². The highest BCUT2D eigenvalue weighted by atomic mass is 35.5. The number of nitrogens with two attached hydrogens (primary N) is 1. The standard InChI is InChI=1S/C12H20ClN3O/c1-8-11(13)10(16(3)15-8)6-12(7-14)4-5-17-9(12)2/h9H,4-7,14H2,1-3H3. The van der Waals surface area contributed by atoms with Crippen molar-refractivity contribution >= 4 is 11.6 Å². The van der Waals surface area contributed by atoms with Crippen molar-refractivity contribution in [2.45, 2.75) is 32.8 Å². The van der Waals surface area contributed by atoms with Crippen LogP contribution < -0.4 is 5.73 Å². The Balaban J connectivity index is 2.30. The molecule has 1 aromatic heterocycles. The molecular formula is C12H20ClN3O. The molecule has 1 fully saturated rings. The molecule has 0 aromatic carbocycles. The van der Waals surface area contributed by atoms with Crippen molar-refractivity contribution in [3.8, 4) is 0 Å². The van der Waals surface area contributed by atoms with Crippen LogP contribution in [0.25, 0.3) is 0 Å². The first-order valence-corrected chi connectivity index (χ1v) is 6.37. The van der Waals surface area contributed by atoms with E-state index in [-0.39, 0.29) is 11.5 Å². The second-order valence-corrected chi connectivity index (χ2v) is 5.35. The van der Waals surface area contributed by atoms with Crippen LogP contribution in [0.3, 0.4) is 0 Å². The largest absolute Gasteiger partial charge is 0.378 e. The van der Waals surface area contributed by atoms with Crippen molar-refractivity contribution in [1.82, 2.24) is 9.78 Å². The highest BCUT2D eigenvalue weighted by Gasteiger charge is 2.41. The minimum absolute atomic E-state index is 0.00384. The molecule has 2 N–H and O–H groups in total. The highest BCUT2D eigenvalue weighted by Crippen LogP contribution is 2.38. The Kier molecular flexibility index (Phi) is 3.48. The molecule has 2 atom stereocenters. The summed E-state index contributed by atoms with van der Waals surface area (Å²) < 4.78 is 7.53. The zero-order valence-electron chi connectivity index (χ0n) is 10.7. The zero-order valence-corrected chi connectivity index (χ0v) is 11.4. The van der Waals surface area contributed by atoms with Crippen LogP contribution in [0.1, 0.15) is 24.7 Å². The molecule has 0 bridgehead atoms. The van der Waals surface area contributed by atoms with E-state index in [9.17, 15) is 0 Å². The van der Waals surface area contributed by atoms with Crippen molar-refractivity contribution in [3.63, 3.8) is 0 Å². The summed E-state index contributed by atoms with van der Waals surface area (Å²) in [5, 5.41) is 5.11. The van der Waals surface area contributed by atoms with Gasteiger partial charge in [0, 0.05) is 32.0 Å². The van der Waals surface area contributed by atoms with Gasteiger partial charge in [-0.25, -0.2) is 0 Å². The first-order valence-electron chi connectivity index (χ1n) is 6.00. The second-order valence-electron chi connectivity index (χ2n) is 4.98. The van der Waals surface area contributed by atoms with Crippen LogP contribution in [0, 0.1) is 12.3 Å². The van der Waals surface area contributed by atoms with Gasteiger partial charge in [-0.05, 0) is 20.3 Å². The topological polar surface area (TPSA) is 53.1 Å². The average molecular weight is 258 g/mol. The molecule has 5 heteroatoms. The summed E-state index contributed by atoms with van der Waals surface area (Å²) in [5.74, 6) is 0. The first-order chi connectivity index (χ1) is 8.00. The van der Waals surface area contributed by atoms with E-state index in [2.05, 4.69) is 12.0 Å². The Morgan fingerprint density at radius 2 is 2.35 bits per heavy atom. The molecule has 2 rings (SSSR count). The second kappa shape index (κ2) is 4.59. The maximum atomic E-state index is 6.29. The Morgan fingerprint density at radius 1 is 1.65 bits per heavy atom. The van der Waals surface area contributed by atoms with E-state index in [4.69, 9.17) is 22.1 Å². The third-order valence-corrected chi connectivity index (χ3v) is 4.51. The predicted octanol–water partition coefficient (Wildman–Crippen LogP) is 1.68. The fourth-order valence-corrected chi connectivity index (χ4v) is 2.82. The summed E-state index contributed by atoms with van der Waals surface area (Å²) in [6.07, 6.45) is 2.00. The third kappa shape index (κ3) is 2.09. The summed E-state index contributed by atoms with van der Waals surface area (Å²) in [6, 6.07) is 0. The average Bonchev–Trinajstić information content (AvgIpc) is 2.76. The fraction of sp³-hybridized carbons (Fsp3) is 0.750. The first kappa shape index (κ1) is 12.9. The van der Waals surface area contributed by atoms with Gasteiger partial charge in [-0.3, -0.25) is 4.68 Å². The number of ether oxygens (including phenoxy) is 1. The number of halogens is 1. The Morgan fingerprint density at radius 3 is 2.76 bits per heavy atom. The van der Waals surface area contributed by atoms with Gasteiger partial charge < -0.3 is 10.5 Å². The Hall–Kier alpha value is -0.580. The van der Waals surface area contributed by atoms with Gasteiger partial charge in [0.25, 0.3) is 0 Å². The summed E-state index contributed by atoms with van der Waals surface area (Å²) in [5.41, 5.74) is 7.90. The Bertz CT molecular complexity index is 418. The lowest BCUT2D eigenvalue weighted by atomic mass is 9.77. The van der Waals surface area contributed by atoms with E-state index >= 15 is 0 Å². The summed E-state index contributed by atoms with van der Waals surface area (Å²) in [6.45, 7) is 5.42. The molecule has 96 valence electrons. The van der Waals surface area contributed by atoms with Crippen LogP contribution in [-0.4, -0.2) is 29.0 Å². The number of hydrogen-bond acceptors (Lipinski definition) is 3. The van der Waals surface area contributed by atoms with Crippen LogP contribution in [-0.2, 0) is 18.2 Å². The number of nitrogens with zero attached hydrogens (tertiary/aromatic N) is 2. The molecule has 1 aromatic rings. The van der Waals surface area contributed by atoms with Crippen LogP contribution in [0.5, 0.6) is 0 Å². The predicted molar refractivity (Wildman–Crippen MR) is 68.2 cm³/mol. The van der Waals surface area contributed by atoms with E-state index in [1.54, 1.807) is 0 Å². The van der Waals surface area contributed by atoms with Crippen molar-refractivity contribution in [2.75, 3.05) is 13.2 Å². The van der Waals surface area contributed by atoms with Gasteiger partial charge in [0.05, 0.1) is 22.5 Å². The SMILES string of the molecule is Cc1nn(C)c(CC2(CN)CCOC2C)c1Cl. The molecule has 2 heterocycles. The number of hydrogen-bond donors (Lipinski definition) is 1.